The van der Waals surface area contributed by atoms with Crippen molar-refractivity contribution < 1.29 is 14.5 Å². The number of carbonyl (C=O) groups is 1. The fraction of sp³-hybridized carbons (Fsp3) is 0.381. The van der Waals surface area contributed by atoms with Crippen molar-refractivity contribution >= 4 is 17.3 Å². The number of nitrogens with zero attached hydrogens (tertiary/aromatic N) is 2. The van der Waals surface area contributed by atoms with Gasteiger partial charge in [-0.2, -0.15) is 0 Å². The third kappa shape index (κ3) is 4.94. The minimum atomic E-state index is -0.475. The van der Waals surface area contributed by atoms with Crippen molar-refractivity contribution in [3.8, 4) is 0 Å². The van der Waals surface area contributed by atoms with E-state index in [1.54, 1.807) is 25.1 Å². The van der Waals surface area contributed by atoms with Gasteiger partial charge < -0.3 is 10.1 Å². The highest BCUT2D eigenvalue weighted by molar-refractivity contribution is 6.04. The number of aryl methyl sites for hydroxylation is 1. The summed E-state index contributed by atoms with van der Waals surface area (Å²) in [6.45, 7) is 8.53. The van der Waals surface area contributed by atoms with Crippen LogP contribution >= 0.6 is 0 Å². The largest absolute Gasteiger partial charge is 0.373 e. The zero-order chi connectivity index (χ0) is 20.3. The minimum Gasteiger partial charge on any atom is -0.373 e. The Morgan fingerprint density at radius 1 is 1.18 bits per heavy atom. The van der Waals surface area contributed by atoms with Crippen LogP contribution in [-0.2, 0) is 11.3 Å². The lowest BCUT2D eigenvalue weighted by Gasteiger charge is -2.35. The number of morpholine rings is 1. The molecule has 0 radical (unpaired) electrons. The Morgan fingerprint density at radius 3 is 2.43 bits per heavy atom. The van der Waals surface area contributed by atoms with Gasteiger partial charge in [0.15, 0.2) is 0 Å². The minimum absolute atomic E-state index is 0.0507. The molecule has 1 amide bonds. The number of nitro groups is 1. The summed E-state index contributed by atoms with van der Waals surface area (Å²) in [6, 6.07) is 11.9. The Kier molecular flexibility index (Phi) is 6.06. The molecule has 0 saturated carbocycles. The number of benzene rings is 2. The molecule has 1 saturated heterocycles. The van der Waals surface area contributed by atoms with E-state index in [-0.39, 0.29) is 23.8 Å². The van der Waals surface area contributed by atoms with Crippen LogP contribution in [0.25, 0.3) is 0 Å². The SMILES string of the molecule is Cc1ccc([N+](=O)[O-])cc1NC(=O)c1ccc(CN2CC(C)OC(C)C2)cc1. The van der Waals surface area contributed by atoms with Crippen LogP contribution in [0.2, 0.25) is 0 Å². The fourth-order valence-corrected chi connectivity index (χ4v) is 3.49. The van der Waals surface area contributed by atoms with E-state index < -0.39 is 4.92 Å². The van der Waals surface area contributed by atoms with Gasteiger partial charge in [0.05, 0.1) is 22.8 Å². The Bertz CT molecular complexity index is 856. The van der Waals surface area contributed by atoms with Crippen LogP contribution in [0.4, 0.5) is 11.4 Å². The Balaban J connectivity index is 1.65. The highest BCUT2D eigenvalue weighted by atomic mass is 16.6. The number of carbonyl (C=O) groups excluding carboxylic acids is 1. The van der Waals surface area contributed by atoms with E-state index in [9.17, 15) is 14.9 Å². The molecule has 2 atom stereocenters. The van der Waals surface area contributed by atoms with Crippen molar-refractivity contribution in [3.63, 3.8) is 0 Å². The molecule has 2 aromatic rings. The van der Waals surface area contributed by atoms with Gasteiger partial charge in [0.25, 0.3) is 11.6 Å². The van der Waals surface area contributed by atoms with E-state index in [2.05, 4.69) is 24.1 Å². The number of ether oxygens (including phenoxy) is 1. The first-order valence-corrected chi connectivity index (χ1v) is 9.35. The van der Waals surface area contributed by atoms with E-state index in [1.807, 2.05) is 12.1 Å². The predicted octanol–water partition coefficient (Wildman–Crippen LogP) is 3.76. The molecule has 28 heavy (non-hydrogen) atoms. The van der Waals surface area contributed by atoms with E-state index in [4.69, 9.17) is 4.74 Å². The van der Waals surface area contributed by atoms with E-state index in [0.717, 1.165) is 30.8 Å². The van der Waals surface area contributed by atoms with Crippen LogP contribution in [0.3, 0.4) is 0 Å². The van der Waals surface area contributed by atoms with E-state index >= 15 is 0 Å². The summed E-state index contributed by atoms with van der Waals surface area (Å²) in [4.78, 5) is 25.3. The van der Waals surface area contributed by atoms with Gasteiger partial charge in [-0.05, 0) is 44.0 Å². The predicted molar refractivity (Wildman–Crippen MR) is 108 cm³/mol. The average molecular weight is 383 g/mol. The number of anilines is 1. The van der Waals surface area contributed by atoms with Crippen LogP contribution in [0.1, 0.15) is 35.3 Å². The van der Waals surface area contributed by atoms with Gasteiger partial charge in [0.2, 0.25) is 0 Å². The Hall–Kier alpha value is -2.77. The quantitative estimate of drug-likeness (QED) is 0.628. The molecule has 0 bridgehead atoms. The van der Waals surface area contributed by atoms with Crippen molar-refractivity contribution in [1.29, 1.82) is 0 Å². The van der Waals surface area contributed by atoms with Gasteiger partial charge in [-0.25, -0.2) is 0 Å². The Morgan fingerprint density at radius 2 is 1.82 bits per heavy atom. The van der Waals surface area contributed by atoms with Crippen molar-refractivity contribution in [3.05, 3.63) is 69.3 Å². The molecule has 148 valence electrons. The topological polar surface area (TPSA) is 84.7 Å². The second-order valence-electron chi connectivity index (χ2n) is 7.36. The van der Waals surface area contributed by atoms with Gasteiger partial charge in [-0.1, -0.05) is 18.2 Å². The van der Waals surface area contributed by atoms with Crippen molar-refractivity contribution in [2.24, 2.45) is 0 Å². The number of non-ortho nitro benzene ring substituents is 1. The third-order valence-corrected chi connectivity index (χ3v) is 4.80. The normalized spacial score (nSPS) is 20.0. The molecule has 7 heteroatoms. The molecule has 1 fully saturated rings. The molecule has 7 nitrogen and oxygen atoms in total. The summed E-state index contributed by atoms with van der Waals surface area (Å²) < 4.78 is 5.76. The number of nitro benzene ring substituents is 1. The second-order valence-corrected chi connectivity index (χ2v) is 7.36. The molecule has 0 aromatic heterocycles. The molecule has 1 aliphatic heterocycles. The highest BCUT2D eigenvalue weighted by Gasteiger charge is 2.22. The van der Waals surface area contributed by atoms with Crippen molar-refractivity contribution in [2.75, 3.05) is 18.4 Å². The van der Waals surface area contributed by atoms with Crippen molar-refractivity contribution in [1.82, 2.24) is 4.90 Å². The first kappa shape index (κ1) is 20.0. The van der Waals surface area contributed by atoms with Crippen LogP contribution in [-0.4, -0.2) is 41.0 Å². The molecule has 3 rings (SSSR count). The average Bonchev–Trinajstić information content (AvgIpc) is 2.63. The highest BCUT2D eigenvalue weighted by Crippen LogP contribution is 2.22. The van der Waals surface area contributed by atoms with Gasteiger partial charge in [-0.15, -0.1) is 0 Å². The summed E-state index contributed by atoms with van der Waals surface area (Å²) in [5.74, 6) is -0.288. The van der Waals surface area contributed by atoms with Gasteiger partial charge in [0.1, 0.15) is 0 Å². The van der Waals surface area contributed by atoms with Gasteiger partial charge in [0, 0.05) is 37.3 Å². The lowest BCUT2D eigenvalue weighted by atomic mass is 10.1. The smallest absolute Gasteiger partial charge is 0.271 e. The van der Waals surface area contributed by atoms with Crippen LogP contribution in [0.5, 0.6) is 0 Å². The summed E-state index contributed by atoms with van der Waals surface area (Å²) in [7, 11) is 0. The first-order valence-electron chi connectivity index (χ1n) is 9.35. The van der Waals surface area contributed by atoms with E-state index in [1.165, 1.54) is 12.1 Å². The first-order chi connectivity index (χ1) is 13.3. The van der Waals surface area contributed by atoms with Gasteiger partial charge >= 0.3 is 0 Å². The van der Waals surface area contributed by atoms with Gasteiger partial charge in [-0.3, -0.25) is 19.8 Å². The van der Waals surface area contributed by atoms with Crippen LogP contribution in [0.15, 0.2) is 42.5 Å². The second kappa shape index (κ2) is 8.50. The fourth-order valence-electron chi connectivity index (χ4n) is 3.49. The summed E-state index contributed by atoms with van der Waals surface area (Å²) in [5.41, 5.74) is 2.80. The third-order valence-electron chi connectivity index (χ3n) is 4.80. The molecular weight excluding hydrogens is 358 g/mol. The zero-order valence-electron chi connectivity index (χ0n) is 16.3. The summed E-state index contributed by atoms with van der Waals surface area (Å²) in [5, 5.41) is 13.7. The molecule has 2 unspecified atom stereocenters. The molecule has 1 N–H and O–H groups in total. The lowest BCUT2D eigenvalue weighted by molar-refractivity contribution is -0.384. The van der Waals surface area contributed by atoms with E-state index in [0.29, 0.717) is 11.3 Å². The molecule has 0 spiro atoms. The number of rotatable bonds is 5. The standard InChI is InChI=1S/C21H25N3O4/c1-14-4-9-19(24(26)27)10-20(14)22-21(25)18-7-5-17(6-8-18)13-23-11-15(2)28-16(3)12-23/h4-10,15-16H,11-13H2,1-3H3,(H,22,25). The maximum Gasteiger partial charge on any atom is 0.271 e. The monoisotopic (exact) mass is 383 g/mol. The molecule has 1 aliphatic rings. The maximum absolute atomic E-state index is 12.5. The van der Waals surface area contributed by atoms with Crippen molar-refractivity contribution in [2.45, 2.75) is 39.5 Å². The molecule has 2 aromatic carbocycles. The zero-order valence-corrected chi connectivity index (χ0v) is 16.3. The van der Waals surface area contributed by atoms with Crippen LogP contribution < -0.4 is 5.32 Å². The molecule has 0 aliphatic carbocycles. The molecule has 1 heterocycles. The number of amides is 1. The Labute approximate surface area is 164 Å². The molecular formula is C21H25N3O4. The number of hydrogen-bond donors (Lipinski definition) is 1. The van der Waals surface area contributed by atoms with Crippen LogP contribution in [0, 0.1) is 17.0 Å². The summed E-state index contributed by atoms with van der Waals surface area (Å²) >= 11 is 0. The maximum atomic E-state index is 12.5. The lowest BCUT2D eigenvalue weighted by Crippen LogP contribution is -2.44. The number of hydrogen-bond acceptors (Lipinski definition) is 5. The number of nitrogens with one attached hydrogen (secondary N) is 1. The summed E-state index contributed by atoms with van der Waals surface area (Å²) in [6.07, 6.45) is 0.430.